The van der Waals surface area contributed by atoms with Crippen molar-refractivity contribution >= 4 is 11.4 Å². The SMILES string of the molecule is C/C(Cn1nc(-c2ccc(C)cc2)oc1=O)=N\Nc1ccccc1. The molecule has 0 amide bonds. The van der Waals surface area contributed by atoms with E-state index in [1.165, 1.54) is 4.68 Å². The Morgan fingerprint density at radius 3 is 2.58 bits per heavy atom. The maximum Gasteiger partial charge on any atom is 0.437 e. The zero-order valence-corrected chi connectivity index (χ0v) is 13.6. The first-order chi connectivity index (χ1) is 11.6. The molecular formula is C18H18N4O2. The van der Waals surface area contributed by atoms with Gasteiger partial charge in [0.1, 0.15) is 0 Å². The monoisotopic (exact) mass is 322 g/mol. The van der Waals surface area contributed by atoms with Gasteiger partial charge in [-0.05, 0) is 38.1 Å². The van der Waals surface area contributed by atoms with Crippen LogP contribution in [-0.2, 0) is 6.54 Å². The van der Waals surface area contributed by atoms with Crippen molar-refractivity contribution in [3.05, 3.63) is 70.7 Å². The molecule has 1 aromatic heterocycles. The lowest BCUT2D eigenvalue weighted by atomic mass is 10.1. The number of aryl methyl sites for hydroxylation is 1. The van der Waals surface area contributed by atoms with Crippen LogP contribution in [0.1, 0.15) is 12.5 Å². The fourth-order valence-corrected chi connectivity index (χ4v) is 2.14. The maximum absolute atomic E-state index is 11.9. The van der Waals surface area contributed by atoms with Gasteiger partial charge in [-0.25, -0.2) is 4.79 Å². The summed E-state index contributed by atoms with van der Waals surface area (Å²) in [5.41, 5.74) is 6.44. The number of benzene rings is 2. The van der Waals surface area contributed by atoms with Crippen LogP contribution in [0.2, 0.25) is 0 Å². The van der Waals surface area contributed by atoms with E-state index in [1.54, 1.807) is 0 Å². The van der Waals surface area contributed by atoms with Gasteiger partial charge in [0, 0.05) is 5.56 Å². The van der Waals surface area contributed by atoms with E-state index < -0.39 is 5.76 Å². The lowest BCUT2D eigenvalue weighted by Gasteiger charge is -2.02. The quantitative estimate of drug-likeness (QED) is 0.578. The minimum Gasteiger partial charge on any atom is -0.388 e. The van der Waals surface area contributed by atoms with E-state index in [0.29, 0.717) is 11.6 Å². The number of nitrogens with one attached hydrogen (secondary N) is 1. The molecule has 0 aliphatic carbocycles. The molecule has 0 bridgehead atoms. The van der Waals surface area contributed by atoms with Crippen molar-refractivity contribution in [1.82, 2.24) is 9.78 Å². The van der Waals surface area contributed by atoms with Crippen molar-refractivity contribution in [2.24, 2.45) is 5.10 Å². The summed E-state index contributed by atoms with van der Waals surface area (Å²) in [6.07, 6.45) is 0. The van der Waals surface area contributed by atoms with Gasteiger partial charge in [-0.3, -0.25) is 5.43 Å². The third kappa shape index (κ3) is 3.78. The van der Waals surface area contributed by atoms with Crippen LogP contribution < -0.4 is 11.2 Å². The average Bonchev–Trinajstić information content (AvgIpc) is 2.95. The summed E-state index contributed by atoms with van der Waals surface area (Å²) in [5.74, 6) is -0.191. The molecule has 0 saturated heterocycles. The highest BCUT2D eigenvalue weighted by molar-refractivity contribution is 5.82. The summed E-state index contributed by atoms with van der Waals surface area (Å²) >= 11 is 0. The molecule has 6 heteroatoms. The van der Waals surface area contributed by atoms with E-state index in [1.807, 2.05) is 68.4 Å². The van der Waals surface area contributed by atoms with Crippen LogP contribution in [-0.4, -0.2) is 15.5 Å². The zero-order chi connectivity index (χ0) is 16.9. The number of rotatable bonds is 5. The van der Waals surface area contributed by atoms with Crippen LogP contribution in [0.4, 0.5) is 5.69 Å². The van der Waals surface area contributed by atoms with Gasteiger partial charge >= 0.3 is 5.76 Å². The minimum absolute atomic E-state index is 0.258. The second-order valence-electron chi connectivity index (χ2n) is 5.52. The largest absolute Gasteiger partial charge is 0.437 e. The molecule has 0 atom stereocenters. The Kier molecular flexibility index (Phi) is 4.56. The molecule has 24 heavy (non-hydrogen) atoms. The second-order valence-corrected chi connectivity index (χ2v) is 5.52. The molecule has 0 unspecified atom stereocenters. The van der Waals surface area contributed by atoms with E-state index in [9.17, 15) is 4.79 Å². The molecule has 1 N–H and O–H groups in total. The van der Waals surface area contributed by atoms with Gasteiger partial charge in [0.2, 0.25) is 5.89 Å². The second kappa shape index (κ2) is 6.95. The molecule has 2 aromatic carbocycles. The summed E-state index contributed by atoms with van der Waals surface area (Å²) in [7, 11) is 0. The van der Waals surface area contributed by atoms with Crippen LogP contribution in [0.3, 0.4) is 0 Å². The number of nitrogens with zero attached hydrogens (tertiary/aromatic N) is 3. The van der Waals surface area contributed by atoms with Gasteiger partial charge < -0.3 is 4.42 Å². The third-order valence-corrected chi connectivity index (χ3v) is 3.43. The molecule has 6 nitrogen and oxygen atoms in total. The molecule has 1 heterocycles. The van der Waals surface area contributed by atoms with E-state index in [4.69, 9.17) is 4.42 Å². The topological polar surface area (TPSA) is 72.4 Å². The van der Waals surface area contributed by atoms with E-state index in [-0.39, 0.29) is 6.54 Å². The van der Waals surface area contributed by atoms with Gasteiger partial charge in [0.25, 0.3) is 0 Å². The molecule has 0 saturated carbocycles. The Bertz CT molecular complexity index is 893. The lowest BCUT2D eigenvalue weighted by Crippen LogP contribution is -2.20. The summed E-state index contributed by atoms with van der Waals surface area (Å²) in [4.78, 5) is 11.9. The highest BCUT2D eigenvalue weighted by atomic mass is 16.4. The number of aromatic nitrogens is 2. The van der Waals surface area contributed by atoms with Gasteiger partial charge in [0.15, 0.2) is 0 Å². The molecule has 0 aliphatic heterocycles. The highest BCUT2D eigenvalue weighted by Gasteiger charge is 2.10. The van der Waals surface area contributed by atoms with Gasteiger partial charge in [-0.15, -0.1) is 5.10 Å². The molecule has 0 fully saturated rings. The van der Waals surface area contributed by atoms with Crippen molar-refractivity contribution in [2.45, 2.75) is 20.4 Å². The fraction of sp³-hybridized carbons (Fsp3) is 0.167. The van der Waals surface area contributed by atoms with E-state index in [2.05, 4.69) is 15.6 Å². The zero-order valence-electron chi connectivity index (χ0n) is 13.6. The normalized spacial score (nSPS) is 11.5. The first kappa shape index (κ1) is 15.7. The first-order valence-electron chi connectivity index (χ1n) is 7.61. The lowest BCUT2D eigenvalue weighted by molar-refractivity contribution is 0.500. The summed E-state index contributed by atoms with van der Waals surface area (Å²) in [6.45, 7) is 4.08. The molecule has 0 radical (unpaired) electrons. The number of hydrogen-bond donors (Lipinski definition) is 1. The minimum atomic E-state index is -0.500. The molecular weight excluding hydrogens is 304 g/mol. The highest BCUT2D eigenvalue weighted by Crippen LogP contribution is 2.15. The van der Waals surface area contributed by atoms with Crippen LogP contribution in [0.15, 0.2) is 68.9 Å². The molecule has 0 aliphatic rings. The summed E-state index contributed by atoms with van der Waals surface area (Å²) < 4.78 is 6.49. The Labute approximate surface area is 139 Å². The predicted octanol–water partition coefficient (Wildman–Crippen LogP) is 3.30. The van der Waals surface area contributed by atoms with Crippen molar-refractivity contribution in [3.8, 4) is 11.5 Å². The Morgan fingerprint density at radius 1 is 1.17 bits per heavy atom. The average molecular weight is 322 g/mol. The number of para-hydroxylation sites is 1. The molecule has 3 aromatic rings. The summed E-state index contributed by atoms with van der Waals surface area (Å²) in [5, 5.41) is 8.48. The van der Waals surface area contributed by atoms with Gasteiger partial charge in [-0.2, -0.15) is 9.78 Å². The van der Waals surface area contributed by atoms with Crippen molar-refractivity contribution < 1.29 is 4.42 Å². The maximum atomic E-state index is 11.9. The molecule has 122 valence electrons. The smallest absolute Gasteiger partial charge is 0.388 e. The number of anilines is 1. The van der Waals surface area contributed by atoms with Gasteiger partial charge in [-0.1, -0.05) is 35.9 Å². The standard InChI is InChI=1S/C18H18N4O2/c1-13-8-10-15(11-9-13)17-21-22(18(23)24-17)12-14(2)19-20-16-6-4-3-5-7-16/h3-11,20H,12H2,1-2H3/b19-14+. The predicted molar refractivity (Wildman–Crippen MR) is 94.1 cm³/mol. The van der Waals surface area contributed by atoms with Crippen molar-refractivity contribution in [3.63, 3.8) is 0 Å². The van der Waals surface area contributed by atoms with Gasteiger partial charge in [0.05, 0.1) is 17.9 Å². The van der Waals surface area contributed by atoms with Crippen LogP contribution in [0, 0.1) is 6.92 Å². The van der Waals surface area contributed by atoms with Crippen LogP contribution in [0.25, 0.3) is 11.5 Å². The van der Waals surface area contributed by atoms with Crippen molar-refractivity contribution in [1.29, 1.82) is 0 Å². The number of hydrazone groups is 1. The fourth-order valence-electron chi connectivity index (χ4n) is 2.14. The van der Waals surface area contributed by atoms with E-state index in [0.717, 1.165) is 16.8 Å². The third-order valence-electron chi connectivity index (χ3n) is 3.43. The summed E-state index contributed by atoms with van der Waals surface area (Å²) in [6, 6.07) is 17.3. The Morgan fingerprint density at radius 2 is 1.88 bits per heavy atom. The molecule has 0 spiro atoms. The number of hydrogen-bond acceptors (Lipinski definition) is 5. The van der Waals surface area contributed by atoms with E-state index >= 15 is 0 Å². The van der Waals surface area contributed by atoms with Crippen LogP contribution in [0.5, 0.6) is 0 Å². The Hall–Kier alpha value is -3.15. The van der Waals surface area contributed by atoms with Crippen LogP contribution >= 0.6 is 0 Å². The Balaban J connectivity index is 1.73. The van der Waals surface area contributed by atoms with Crippen molar-refractivity contribution in [2.75, 3.05) is 5.43 Å². The molecule has 3 rings (SSSR count). The first-order valence-corrected chi connectivity index (χ1v) is 7.61.